The molecule has 2 aromatic carbocycles. The number of carbonyl (C=O) groups excluding carboxylic acids is 3. The summed E-state index contributed by atoms with van der Waals surface area (Å²) < 4.78 is 10.7. The molecule has 2 N–H and O–H groups in total. The van der Waals surface area contributed by atoms with Crippen LogP contribution in [0.25, 0.3) is 6.08 Å². The molecule has 0 spiro atoms. The maximum atomic E-state index is 12.9. The molecular formula is C20H18N2O6. The minimum Gasteiger partial charge on any atom is -0.508 e. The van der Waals surface area contributed by atoms with Gasteiger partial charge in [0, 0.05) is 11.6 Å². The first-order valence-corrected chi connectivity index (χ1v) is 8.46. The van der Waals surface area contributed by atoms with Crippen LogP contribution in [0.4, 0.5) is 10.5 Å². The smallest absolute Gasteiger partial charge is 0.335 e. The molecule has 0 aliphatic carbocycles. The van der Waals surface area contributed by atoms with Gasteiger partial charge in [0.1, 0.15) is 22.8 Å². The molecule has 1 aliphatic heterocycles. The lowest BCUT2D eigenvalue weighted by Gasteiger charge is -2.26. The molecule has 1 fully saturated rings. The molecule has 0 radical (unpaired) electrons. The zero-order valence-corrected chi connectivity index (χ0v) is 15.3. The van der Waals surface area contributed by atoms with Crippen molar-refractivity contribution >= 4 is 29.6 Å². The number of amides is 4. The second kappa shape index (κ2) is 7.83. The summed E-state index contributed by atoms with van der Waals surface area (Å²) in [5.74, 6) is -0.602. The fourth-order valence-electron chi connectivity index (χ4n) is 2.69. The highest BCUT2D eigenvalue weighted by molar-refractivity contribution is 6.39. The Morgan fingerprint density at radius 2 is 1.82 bits per heavy atom. The van der Waals surface area contributed by atoms with E-state index in [1.165, 1.54) is 37.5 Å². The zero-order valence-electron chi connectivity index (χ0n) is 15.3. The Kier molecular flexibility index (Phi) is 5.30. The molecule has 0 atom stereocenters. The number of urea groups is 1. The fraction of sp³-hybridized carbons (Fsp3) is 0.150. The number of benzene rings is 2. The largest absolute Gasteiger partial charge is 0.508 e. The molecule has 0 saturated carbocycles. The Labute approximate surface area is 161 Å². The number of nitrogens with zero attached hydrogens (tertiary/aromatic N) is 1. The maximum Gasteiger partial charge on any atom is 0.335 e. The van der Waals surface area contributed by atoms with Gasteiger partial charge in [-0.1, -0.05) is 0 Å². The summed E-state index contributed by atoms with van der Waals surface area (Å²) in [6.45, 7) is 2.18. The van der Waals surface area contributed by atoms with Crippen LogP contribution in [0, 0.1) is 0 Å². The van der Waals surface area contributed by atoms with Crippen molar-refractivity contribution in [2.24, 2.45) is 0 Å². The molecule has 8 heteroatoms. The fourth-order valence-corrected chi connectivity index (χ4v) is 2.69. The summed E-state index contributed by atoms with van der Waals surface area (Å²) in [7, 11) is 1.52. The number of hydrogen-bond acceptors (Lipinski definition) is 6. The number of nitrogens with one attached hydrogen (secondary N) is 1. The Morgan fingerprint density at radius 1 is 1.11 bits per heavy atom. The highest BCUT2D eigenvalue weighted by Crippen LogP contribution is 2.29. The van der Waals surface area contributed by atoms with Crippen molar-refractivity contribution in [3.05, 3.63) is 53.6 Å². The van der Waals surface area contributed by atoms with E-state index in [1.807, 2.05) is 0 Å². The average molecular weight is 382 g/mol. The summed E-state index contributed by atoms with van der Waals surface area (Å²) in [5, 5.41) is 11.6. The minimum absolute atomic E-state index is 0.0138. The van der Waals surface area contributed by atoms with Gasteiger partial charge in [0.05, 0.1) is 19.4 Å². The van der Waals surface area contributed by atoms with Crippen LogP contribution in [0.15, 0.2) is 48.0 Å². The summed E-state index contributed by atoms with van der Waals surface area (Å²) in [4.78, 5) is 38.2. The van der Waals surface area contributed by atoms with Gasteiger partial charge >= 0.3 is 6.03 Å². The van der Waals surface area contributed by atoms with Crippen LogP contribution in [0.3, 0.4) is 0 Å². The molecule has 0 aromatic heterocycles. The third kappa shape index (κ3) is 3.66. The highest BCUT2D eigenvalue weighted by atomic mass is 16.5. The van der Waals surface area contributed by atoms with E-state index in [-0.39, 0.29) is 17.0 Å². The van der Waals surface area contributed by atoms with Crippen LogP contribution in [0.1, 0.15) is 12.5 Å². The van der Waals surface area contributed by atoms with Crippen LogP contribution in [0.2, 0.25) is 0 Å². The molecule has 28 heavy (non-hydrogen) atoms. The van der Waals surface area contributed by atoms with Crippen molar-refractivity contribution in [1.29, 1.82) is 0 Å². The first kappa shape index (κ1) is 19.0. The first-order chi connectivity index (χ1) is 13.4. The summed E-state index contributed by atoms with van der Waals surface area (Å²) >= 11 is 0. The van der Waals surface area contributed by atoms with E-state index >= 15 is 0 Å². The lowest BCUT2D eigenvalue weighted by Crippen LogP contribution is -2.54. The van der Waals surface area contributed by atoms with E-state index in [1.54, 1.807) is 25.1 Å². The van der Waals surface area contributed by atoms with Gasteiger partial charge in [-0.2, -0.15) is 0 Å². The third-order valence-electron chi connectivity index (χ3n) is 4.03. The van der Waals surface area contributed by atoms with Gasteiger partial charge in [-0.3, -0.25) is 14.9 Å². The normalized spacial score (nSPS) is 15.6. The number of aromatic hydroxyl groups is 1. The molecule has 0 unspecified atom stereocenters. The van der Waals surface area contributed by atoms with Gasteiger partial charge < -0.3 is 14.6 Å². The molecule has 0 bridgehead atoms. The summed E-state index contributed by atoms with van der Waals surface area (Å²) in [6, 6.07) is 9.58. The number of ether oxygens (including phenoxy) is 2. The monoisotopic (exact) mass is 382 g/mol. The number of phenolic OH excluding ortho intramolecular Hbond substituents is 1. The number of hydrogen-bond donors (Lipinski definition) is 2. The predicted octanol–water partition coefficient (Wildman–Crippen LogP) is 2.47. The van der Waals surface area contributed by atoms with Gasteiger partial charge in [0.25, 0.3) is 11.8 Å². The van der Waals surface area contributed by atoms with Gasteiger partial charge in [-0.15, -0.1) is 0 Å². The van der Waals surface area contributed by atoms with Crippen molar-refractivity contribution in [2.75, 3.05) is 18.6 Å². The average Bonchev–Trinajstić information content (AvgIpc) is 2.67. The van der Waals surface area contributed by atoms with E-state index in [9.17, 15) is 19.5 Å². The molecule has 1 heterocycles. The number of imide groups is 2. The standard InChI is InChI=1S/C20H18N2O6/c1-3-28-17-11-15(27-2)9-4-12(17)10-16-18(24)21-20(26)22(19(16)25)13-5-7-14(23)8-6-13/h4-11,23H,3H2,1-2H3,(H,21,24,26)/b16-10+. The zero-order chi connectivity index (χ0) is 20.3. The van der Waals surface area contributed by atoms with E-state index in [2.05, 4.69) is 5.32 Å². The van der Waals surface area contributed by atoms with Crippen LogP contribution >= 0.6 is 0 Å². The van der Waals surface area contributed by atoms with Gasteiger partial charge in [-0.25, -0.2) is 9.69 Å². The van der Waals surface area contributed by atoms with Crippen molar-refractivity contribution < 1.29 is 29.0 Å². The predicted molar refractivity (Wildman–Crippen MR) is 101 cm³/mol. The van der Waals surface area contributed by atoms with Gasteiger partial charge in [0.2, 0.25) is 0 Å². The van der Waals surface area contributed by atoms with E-state index < -0.39 is 17.8 Å². The molecule has 8 nitrogen and oxygen atoms in total. The second-order valence-electron chi connectivity index (χ2n) is 5.81. The molecule has 3 rings (SSSR count). The number of rotatable bonds is 5. The van der Waals surface area contributed by atoms with Crippen LogP contribution in [-0.4, -0.2) is 36.7 Å². The Hall–Kier alpha value is -3.81. The molecule has 4 amide bonds. The third-order valence-corrected chi connectivity index (χ3v) is 4.03. The van der Waals surface area contributed by atoms with Crippen molar-refractivity contribution in [2.45, 2.75) is 6.92 Å². The molecule has 1 aliphatic rings. The van der Waals surface area contributed by atoms with Crippen LogP contribution in [0.5, 0.6) is 17.2 Å². The van der Waals surface area contributed by atoms with E-state index in [0.717, 1.165) is 4.90 Å². The van der Waals surface area contributed by atoms with E-state index in [0.29, 0.717) is 23.7 Å². The quantitative estimate of drug-likeness (QED) is 0.608. The Morgan fingerprint density at radius 3 is 2.46 bits per heavy atom. The number of phenols is 1. The van der Waals surface area contributed by atoms with E-state index in [4.69, 9.17) is 9.47 Å². The molecule has 1 saturated heterocycles. The Bertz CT molecular complexity index is 965. The summed E-state index contributed by atoms with van der Waals surface area (Å²) in [6.07, 6.45) is 1.36. The number of carbonyl (C=O) groups is 3. The Balaban J connectivity index is 2.03. The van der Waals surface area contributed by atoms with Crippen LogP contribution < -0.4 is 19.7 Å². The number of methoxy groups -OCH3 is 1. The van der Waals surface area contributed by atoms with Crippen molar-refractivity contribution in [3.8, 4) is 17.2 Å². The highest BCUT2D eigenvalue weighted by Gasteiger charge is 2.37. The maximum absolute atomic E-state index is 12.9. The first-order valence-electron chi connectivity index (χ1n) is 8.46. The number of barbiturate groups is 1. The molecule has 2 aromatic rings. The number of anilines is 1. The minimum atomic E-state index is -0.863. The lowest BCUT2D eigenvalue weighted by atomic mass is 10.1. The van der Waals surface area contributed by atoms with Crippen molar-refractivity contribution in [3.63, 3.8) is 0 Å². The molecular weight excluding hydrogens is 364 g/mol. The SMILES string of the molecule is CCOc1cc(OC)ccc1/C=C1\C(=O)NC(=O)N(c2ccc(O)cc2)C1=O. The van der Waals surface area contributed by atoms with Gasteiger partial charge in [0.15, 0.2) is 0 Å². The topological polar surface area (TPSA) is 105 Å². The second-order valence-corrected chi connectivity index (χ2v) is 5.81. The van der Waals surface area contributed by atoms with Crippen molar-refractivity contribution in [1.82, 2.24) is 5.32 Å². The summed E-state index contributed by atoms with van der Waals surface area (Å²) in [5.41, 5.74) is 0.485. The molecule has 144 valence electrons. The van der Waals surface area contributed by atoms with Gasteiger partial charge in [-0.05, 0) is 49.4 Å². The van der Waals surface area contributed by atoms with Crippen LogP contribution in [-0.2, 0) is 9.59 Å². The lowest BCUT2D eigenvalue weighted by molar-refractivity contribution is -0.122.